The minimum absolute atomic E-state index is 0.0287. The summed E-state index contributed by atoms with van der Waals surface area (Å²) < 4.78 is 0. The first-order valence-corrected chi connectivity index (χ1v) is 5.63. The highest BCUT2D eigenvalue weighted by atomic mass is 35.5. The number of halogens is 2. The molecule has 2 N–H and O–H groups in total. The minimum atomic E-state index is -0.176. The van der Waals surface area contributed by atoms with Crippen LogP contribution in [0.1, 0.15) is 27.2 Å². The van der Waals surface area contributed by atoms with E-state index in [1.54, 1.807) is 0 Å². The van der Waals surface area contributed by atoms with Gasteiger partial charge in [0.15, 0.2) is 0 Å². The fourth-order valence-corrected chi connectivity index (χ4v) is 1.10. The summed E-state index contributed by atoms with van der Waals surface area (Å²) >= 11 is 11.0. The van der Waals surface area contributed by atoms with Crippen LogP contribution in [0.2, 0.25) is 0 Å². The lowest BCUT2D eigenvalue weighted by molar-refractivity contribution is -0.122. The van der Waals surface area contributed by atoms with Crippen LogP contribution < -0.4 is 10.6 Å². The fourth-order valence-electron chi connectivity index (χ4n) is 0.929. The summed E-state index contributed by atoms with van der Waals surface area (Å²) in [6.07, 6.45) is 0.434. The molecule has 0 saturated heterocycles. The van der Waals surface area contributed by atoms with E-state index in [1.807, 2.05) is 20.8 Å². The number of hydrogen-bond donors (Lipinski definition) is 2. The Hall–Kier alpha value is -0.250. The highest BCUT2D eigenvalue weighted by molar-refractivity contribution is 6.36. The Balaban J connectivity index is 3.57. The quantitative estimate of drug-likeness (QED) is 0.737. The van der Waals surface area contributed by atoms with Gasteiger partial charge in [-0.25, -0.2) is 0 Å². The molecule has 3 nitrogen and oxygen atoms in total. The van der Waals surface area contributed by atoms with Crippen LogP contribution in [0.3, 0.4) is 0 Å². The number of carbonyl (C=O) groups is 1. The van der Waals surface area contributed by atoms with Gasteiger partial charge in [-0.3, -0.25) is 4.79 Å². The Kier molecular flexibility index (Phi) is 6.98. The zero-order valence-corrected chi connectivity index (χ0v) is 10.9. The number of nitrogens with one attached hydrogen (secondary N) is 2. The van der Waals surface area contributed by atoms with Crippen molar-refractivity contribution in [1.29, 1.82) is 0 Å². The van der Waals surface area contributed by atoms with E-state index in [0.717, 1.165) is 0 Å². The molecule has 0 saturated carbocycles. The summed E-state index contributed by atoms with van der Waals surface area (Å²) in [5.74, 6) is 0.0287. The first-order valence-electron chi connectivity index (χ1n) is 4.81. The molecule has 0 aliphatic heterocycles. The molecule has 0 atom stereocenters. The molecular formula is C10H18Cl2N2O. The van der Waals surface area contributed by atoms with E-state index in [0.29, 0.717) is 24.5 Å². The van der Waals surface area contributed by atoms with Gasteiger partial charge in [-0.15, -0.1) is 0 Å². The third-order valence-electron chi connectivity index (χ3n) is 1.46. The lowest BCUT2D eigenvalue weighted by Gasteiger charge is -2.20. The van der Waals surface area contributed by atoms with Crippen molar-refractivity contribution in [3.8, 4) is 0 Å². The first-order chi connectivity index (χ1) is 6.85. The lowest BCUT2D eigenvalue weighted by Crippen LogP contribution is -2.41. The predicted molar refractivity (Wildman–Crippen MR) is 65.2 cm³/mol. The molecule has 0 aromatic heterocycles. The van der Waals surface area contributed by atoms with E-state index >= 15 is 0 Å². The summed E-state index contributed by atoms with van der Waals surface area (Å²) in [5.41, 5.74) is 1.13. The molecule has 0 unspecified atom stereocenters. The molecule has 0 aliphatic rings. The summed E-state index contributed by atoms with van der Waals surface area (Å²) in [6, 6.07) is 0. The van der Waals surface area contributed by atoms with Crippen molar-refractivity contribution in [3.05, 3.63) is 10.6 Å². The van der Waals surface area contributed by atoms with Crippen LogP contribution in [0.5, 0.6) is 0 Å². The highest BCUT2D eigenvalue weighted by Crippen LogP contribution is 2.01. The predicted octanol–water partition coefficient (Wildman–Crippen LogP) is 2.20. The average molecular weight is 253 g/mol. The van der Waals surface area contributed by atoms with Gasteiger partial charge in [0.25, 0.3) is 0 Å². The van der Waals surface area contributed by atoms with Crippen LogP contribution in [0.4, 0.5) is 0 Å². The van der Waals surface area contributed by atoms with Crippen LogP contribution >= 0.6 is 23.2 Å². The second kappa shape index (κ2) is 7.09. The van der Waals surface area contributed by atoms with Gasteiger partial charge in [-0.05, 0) is 20.8 Å². The van der Waals surface area contributed by atoms with E-state index < -0.39 is 0 Å². The topological polar surface area (TPSA) is 41.1 Å². The van der Waals surface area contributed by atoms with Crippen molar-refractivity contribution in [2.75, 3.05) is 13.1 Å². The molecule has 15 heavy (non-hydrogen) atoms. The van der Waals surface area contributed by atoms with E-state index in [9.17, 15) is 4.79 Å². The number of carbonyl (C=O) groups excluding carboxylic acids is 1. The molecule has 0 bridgehead atoms. The van der Waals surface area contributed by atoms with Crippen LogP contribution in [0.25, 0.3) is 0 Å². The monoisotopic (exact) mass is 252 g/mol. The molecule has 0 aromatic rings. The van der Waals surface area contributed by atoms with Crippen LogP contribution in [-0.2, 0) is 4.79 Å². The maximum Gasteiger partial charge on any atom is 0.221 e. The molecule has 88 valence electrons. The van der Waals surface area contributed by atoms with Gasteiger partial charge in [0.05, 0.1) is 0 Å². The third-order valence-corrected chi connectivity index (χ3v) is 2.07. The van der Waals surface area contributed by atoms with Gasteiger partial charge in [-0.2, -0.15) is 0 Å². The molecule has 0 heterocycles. The molecule has 1 amide bonds. The van der Waals surface area contributed by atoms with Gasteiger partial charge in [-0.1, -0.05) is 23.2 Å². The van der Waals surface area contributed by atoms with Crippen molar-refractivity contribution in [2.24, 2.45) is 0 Å². The van der Waals surface area contributed by atoms with E-state index in [1.165, 1.54) is 5.54 Å². The minimum Gasteiger partial charge on any atom is -0.351 e. The van der Waals surface area contributed by atoms with Crippen molar-refractivity contribution in [1.82, 2.24) is 10.6 Å². The Bertz CT molecular complexity index is 234. The zero-order chi connectivity index (χ0) is 11.9. The van der Waals surface area contributed by atoms with Crippen LogP contribution in [0, 0.1) is 0 Å². The van der Waals surface area contributed by atoms with Crippen LogP contribution in [-0.4, -0.2) is 24.5 Å². The van der Waals surface area contributed by atoms with E-state index in [2.05, 4.69) is 10.6 Å². The molecule has 0 aromatic carbocycles. The van der Waals surface area contributed by atoms with Gasteiger partial charge >= 0.3 is 0 Å². The summed E-state index contributed by atoms with van der Waals surface area (Å²) in [6.45, 7) is 6.93. The van der Waals surface area contributed by atoms with Gasteiger partial charge in [0.2, 0.25) is 5.91 Å². The van der Waals surface area contributed by atoms with Crippen molar-refractivity contribution >= 4 is 29.1 Å². The third kappa shape index (κ3) is 10.0. The lowest BCUT2D eigenvalue weighted by atomic mass is 10.1. The Morgan fingerprint density at radius 2 is 2.00 bits per heavy atom. The van der Waals surface area contributed by atoms with Crippen LogP contribution in [0.15, 0.2) is 10.6 Å². The first kappa shape index (κ1) is 14.8. The Morgan fingerprint density at radius 1 is 1.40 bits per heavy atom. The van der Waals surface area contributed by atoms with Gasteiger partial charge < -0.3 is 10.6 Å². The Morgan fingerprint density at radius 3 is 2.47 bits per heavy atom. The Labute approximate surface area is 101 Å². The standard InChI is InChI=1S/C10H18Cl2N2O/c1-10(2,3)14-9(15)4-5-13-7-8(12)6-11/h6,13H,4-5,7H2,1-3H3,(H,14,15). The fraction of sp³-hybridized carbons (Fsp3) is 0.700. The number of amides is 1. The summed E-state index contributed by atoms with van der Waals surface area (Å²) in [7, 11) is 0. The zero-order valence-electron chi connectivity index (χ0n) is 9.36. The molecule has 5 heteroatoms. The smallest absolute Gasteiger partial charge is 0.221 e. The summed E-state index contributed by atoms with van der Waals surface area (Å²) in [5, 5.41) is 6.41. The highest BCUT2D eigenvalue weighted by Gasteiger charge is 2.12. The second-order valence-electron chi connectivity index (χ2n) is 4.28. The number of rotatable bonds is 5. The van der Waals surface area contributed by atoms with Crippen molar-refractivity contribution in [3.63, 3.8) is 0 Å². The second-order valence-corrected chi connectivity index (χ2v) is 4.98. The normalized spacial score (nSPS) is 12.7. The van der Waals surface area contributed by atoms with E-state index in [-0.39, 0.29) is 11.4 Å². The molecular weight excluding hydrogens is 235 g/mol. The largest absolute Gasteiger partial charge is 0.351 e. The molecule has 0 fully saturated rings. The number of hydrogen-bond acceptors (Lipinski definition) is 2. The molecule has 0 aliphatic carbocycles. The van der Waals surface area contributed by atoms with Crippen molar-refractivity contribution in [2.45, 2.75) is 32.7 Å². The molecule has 0 spiro atoms. The van der Waals surface area contributed by atoms with Gasteiger partial charge in [0, 0.05) is 35.6 Å². The van der Waals surface area contributed by atoms with Gasteiger partial charge in [0.1, 0.15) is 0 Å². The SMILES string of the molecule is CC(C)(C)NC(=O)CCNCC(Cl)=CCl. The van der Waals surface area contributed by atoms with E-state index in [4.69, 9.17) is 23.2 Å². The summed E-state index contributed by atoms with van der Waals surface area (Å²) in [4.78, 5) is 11.3. The molecule has 0 radical (unpaired) electrons. The maximum absolute atomic E-state index is 11.3. The van der Waals surface area contributed by atoms with Crippen molar-refractivity contribution < 1.29 is 4.79 Å². The maximum atomic E-state index is 11.3. The molecule has 0 rings (SSSR count). The average Bonchev–Trinajstić information content (AvgIpc) is 2.09.